The summed E-state index contributed by atoms with van der Waals surface area (Å²) in [5.41, 5.74) is 5.38. The van der Waals surface area contributed by atoms with Crippen molar-refractivity contribution >= 4 is 29.1 Å². The molecule has 0 aliphatic carbocycles. The first-order chi connectivity index (χ1) is 9.84. The van der Waals surface area contributed by atoms with Crippen LogP contribution in [-0.2, 0) is 0 Å². The van der Waals surface area contributed by atoms with Crippen molar-refractivity contribution in [3.8, 4) is 0 Å². The normalized spacial score (nSPS) is 15.2. The van der Waals surface area contributed by atoms with E-state index in [9.17, 15) is 0 Å². The monoisotopic (exact) mass is 298 g/mol. The van der Waals surface area contributed by atoms with Crippen molar-refractivity contribution < 1.29 is 0 Å². The Morgan fingerprint density at radius 2 is 1.40 bits per heavy atom. The Hall–Kier alpha value is -1.12. The lowest BCUT2D eigenvalue weighted by Gasteiger charge is -2.19. The van der Waals surface area contributed by atoms with Gasteiger partial charge < -0.3 is 0 Å². The number of benzene rings is 2. The molecule has 1 aliphatic rings. The van der Waals surface area contributed by atoms with Crippen molar-refractivity contribution in [2.45, 2.75) is 13.3 Å². The first-order valence-corrected chi connectivity index (χ1v) is 8.94. The lowest BCUT2D eigenvalue weighted by Crippen LogP contribution is -1.97. The van der Waals surface area contributed by atoms with Gasteiger partial charge in [-0.05, 0) is 36.0 Å². The summed E-state index contributed by atoms with van der Waals surface area (Å²) in [5.74, 6) is 2.48. The molecular formula is C18H18S2. The van der Waals surface area contributed by atoms with Crippen LogP contribution in [0.15, 0.2) is 58.8 Å². The topological polar surface area (TPSA) is 0 Å². The molecular weight excluding hydrogens is 280 g/mol. The Balaban J connectivity index is 2.10. The van der Waals surface area contributed by atoms with Gasteiger partial charge in [0, 0.05) is 9.81 Å². The standard InChI is InChI=1S/C18H18S2/c1-14-8-10-16(11-9-14)17(15-6-3-2-4-7-15)18-19-12-5-13-20-18/h2-4,6-11H,5,12-13H2,1H3. The van der Waals surface area contributed by atoms with Crippen LogP contribution in [0.2, 0.25) is 0 Å². The fourth-order valence-corrected chi connectivity index (χ4v) is 5.03. The average Bonchev–Trinajstić information content (AvgIpc) is 2.52. The van der Waals surface area contributed by atoms with E-state index >= 15 is 0 Å². The molecule has 0 aromatic heterocycles. The van der Waals surface area contributed by atoms with E-state index in [0.29, 0.717) is 0 Å². The molecule has 1 saturated heterocycles. The molecule has 102 valence electrons. The molecule has 0 bridgehead atoms. The first kappa shape index (κ1) is 13.8. The molecule has 20 heavy (non-hydrogen) atoms. The van der Waals surface area contributed by atoms with E-state index < -0.39 is 0 Å². The van der Waals surface area contributed by atoms with Crippen molar-refractivity contribution in [2.75, 3.05) is 11.5 Å². The molecule has 1 fully saturated rings. The maximum atomic E-state index is 2.25. The van der Waals surface area contributed by atoms with Gasteiger partial charge in [-0.2, -0.15) is 0 Å². The Morgan fingerprint density at radius 3 is 2.05 bits per heavy atom. The lowest BCUT2D eigenvalue weighted by atomic mass is 9.99. The van der Waals surface area contributed by atoms with E-state index in [1.807, 2.05) is 23.5 Å². The molecule has 2 aromatic rings. The molecule has 0 spiro atoms. The van der Waals surface area contributed by atoms with Crippen molar-refractivity contribution in [2.24, 2.45) is 0 Å². The Morgan fingerprint density at radius 1 is 0.800 bits per heavy atom. The maximum Gasteiger partial charge on any atom is 0.0485 e. The summed E-state index contributed by atoms with van der Waals surface area (Å²) in [6.45, 7) is 2.14. The first-order valence-electron chi connectivity index (χ1n) is 6.97. The van der Waals surface area contributed by atoms with Crippen LogP contribution in [-0.4, -0.2) is 11.5 Å². The van der Waals surface area contributed by atoms with Crippen LogP contribution in [0.3, 0.4) is 0 Å². The summed E-state index contributed by atoms with van der Waals surface area (Å²) >= 11 is 4.02. The molecule has 2 aromatic carbocycles. The molecule has 0 amide bonds. The minimum absolute atomic E-state index is 1.24. The highest BCUT2D eigenvalue weighted by Crippen LogP contribution is 2.42. The predicted octanol–water partition coefficient (Wildman–Crippen LogP) is 5.58. The third kappa shape index (κ3) is 3.13. The highest BCUT2D eigenvalue weighted by Gasteiger charge is 2.15. The minimum atomic E-state index is 1.24. The van der Waals surface area contributed by atoms with E-state index in [4.69, 9.17) is 0 Å². The summed E-state index contributed by atoms with van der Waals surface area (Å²) in [7, 11) is 0. The van der Waals surface area contributed by atoms with E-state index in [1.54, 1.807) is 0 Å². The van der Waals surface area contributed by atoms with Gasteiger partial charge in [0.2, 0.25) is 0 Å². The second kappa shape index (κ2) is 6.55. The number of rotatable bonds is 2. The quantitative estimate of drug-likeness (QED) is 0.709. The minimum Gasteiger partial charge on any atom is -0.119 e. The van der Waals surface area contributed by atoms with Gasteiger partial charge in [0.25, 0.3) is 0 Å². The molecule has 0 N–H and O–H groups in total. The van der Waals surface area contributed by atoms with Crippen LogP contribution in [0.5, 0.6) is 0 Å². The summed E-state index contributed by atoms with van der Waals surface area (Å²) in [4.78, 5) is 0. The van der Waals surface area contributed by atoms with Crippen LogP contribution in [0.1, 0.15) is 23.1 Å². The fourth-order valence-electron chi connectivity index (χ4n) is 2.30. The molecule has 3 rings (SSSR count). The molecule has 0 atom stereocenters. The van der Waals surface area contributed by atoms with Crippen LogP contribution < -0.4 is 0 Å². The largest absolute Gasteiger partial charge is 0.119 e. The van der Waals surface area contributed by atoms with Gasteiger partial charge in [-0.25, -0.2) is 0 Å². The van der Waals surface area contributed by atoms with Gasteiger partial charge in [0.05, 0.1) is 0 Å². The molecule has 1 aliphatic heterocycles. The predicted molar refractivity (Wildman–Crippen MR) is 93.2 cm³/mol. The molecule has 0 saturated carbocycles. The summed E-state index contributed by atoms with van der Waals surface area (Å²) in [6.07, 6.45) is 1.31. The SMILES string of the molecule is Cc1ccc(C(=C2SCCCS2)c2ccccc2)cc1. The van der Waals surface area contributed by atoms with Crippen LogP contribution in [0.25, 0.3) is 5.57 Å². The Bertz CT molecular complexity index is 589. The fraction of sp³-hybridized carbons (Fsp3) is 0.222. The second-order valence-corrected chi connectivity index (χ2v) is 7.41. The number of aryl methyl sites for hydroxylation is 1. The zero-order chi connectivity index (χ0) is 13.8. The average molecular weight is 298 g/mol. The highest BCUT2D eigenvalue weighted by atomic mass is 32.2. The van der Waals surface area contributed by atoms with E-state index in [0.717, 1.165) is 0 Å². The van der Waals surface area contributed by atoms with Gasteiger partial charge in [-0.15, -0.1) is 23.5 Å². The molecule has 2 heteroatoms. The van der Waals surface area contributed by atoms with E-state index in [2.05, 4.69) is 61.5 Å². The van der Waals surface area contributed by atoms with Crippen molar-refractivity contribution in [3.63, 3.8) is 0 Å². The lowest BCUT2D eigenvalue weighted by molar-refractivity contribution is 1.12. The van der Waals surface area contributed by atoms with Gasteiger partial charge in [-0.1, -0.05) is 60.2 Å². The Labute approximate surface area is 129 Å². The number of hydrogen-bond donors (Lipinski definition) is 0. The molecule has 0 unspecified atom stereocenters. The third-order valence-electron chi connectivity index (χ3n) is 3.36. The smallest absolute Gasteiger partial charge is 0.0485 e. The number of thioether (sulfide) groups is 2. The van der Waals surface area contributed by atoms with E-state index in [-0.39, 0.29) is 0 Å². The van der Waals surface area contributed by atoms with Gasteiger partial charge >= 0.3 is 0 Å². The summed E-state index contributed by atoms with van der Waals surface area (Å²) < 4.78 is 1.48. The van der Waals surface area contributed by atoms with Gasteiger partial charge in [0.1, 0.15) is 0 Å². The summed E-state index contributed by atoms with van der Waals surface area (Å²) in [5, 5.41) is 0. The number of hydrogen-bond acceptors (Lipinski definition) is 2. The zero-order valence-corrected chi connectivity index (χ0v) is 13.3. The molecule has 1 heterocycles. The van der Waals surface area contributed by atoms with Crippen molar-refractivity contribution in [1.29, 1.82) is 0 Å². The molecule has 0 nitrogen and oxygen atoms in total. The maximum absolute atomic E-state index is 2.25. The van der Waals surface area contributed by atoms with Crippen molar-refractivity contribution in [3.05, 3.63) is 75.5 Å². The Kier molecular flexibility index (Phi) is 4.54. The molecule has 0 radical (unpaired) electrons. The van der Waals surface area contributed by atoms with Crippen LogP contribution in [0.4, 0.5) is 0 Å². The third-order valence-corrected chi connectivity index (χ3v) is 5.99. The van der Waals surface area contributed by atoms with Crippen LogP contribution >= 0.6 is 23.5 Å². The van der Waals surface area contributed by atoms with E-state index in [1.165, 1.54) is 44.4 Å². The van der Waals surface area contributed by atoms with Crippen molar-refractivity contribution in [1.82, 2.24) is 0 Å². The van der Waals surface area contributed by atoms with Crippen LogP contribution in [0, 0.1) is 6.92 Å². The second-order valence-electron chi connectivity index (χ2n) is 4.94. The van der Waals surface area contributed by atoms with Gasteiger partial charge in [-0.3, -0.25) is 0 Å². The highest BCUT2D eigenvalue weighted by molar-refractivity contribution is 8.23. The zero-order valence-electron chi connectivity index (χ0n) is 11.6. The van der Waals surface area contributed by atoms with Gasteiger partial charge in [0.15, 0.2) is 0 Å². The summed E-state index contributed by atoms with van der Waals surface area (Å²) in [6, 6.07) is 19.7.